The molecule has 0 aromatic carbocycles. The highest BCUT2D eigenvalue weighted by atomic mass is 16.1. The lowest BCUT2D eigenvalue weighted by Gasteiger charge is -2.23. The summed E-state index contributed by atoms with van der Waals surface area (Å²) in [5, 5.41) is 3.25. The summed E-state index contributed by atoms with van der Waals surface area (Å²) in [6, 6.07) is 3.65. The van der Waals surface area contributed by atoms with Gasteiger partial charge in [0.1, 0.15) is 0 Å². The van der Waals surface area contributed by atoms with Crippen molar-refractivity contribution in [2.24, 2.45) is 11.8 Å². The Kier molecular flexibility index (Phi) is 4.47. The van der Waals surface area contributed by atoms with Gasteiger partial charge in [0.15, 0.2) is 5.78 Å². The van der Waals surface area contributed by atoms with Gasteiger partial charge in [-0.1, -0.05) is 27.7 Å². The molecular weight excluding hydrogens is 200 g/mol. The molecule has 0 spiro atoms. The Balaban J connectivity index is 0.00000256. The topological polar surface area (TPSA) is 42.0 Å². The fraction of sp³-hybridized carbons (Fsp3) is 0.538. The van der Waals surface area contributed by atoms with Crippen LogP contribution in [-0.2, 0) is 4.79 Å². The number of ketones is 1. The zero-order valence-electron chi connectivity index (χ0n) is 10.4. The van der Waals surface area contributed by atoms with Gasteiger partial charge in [0.2, 0.25) is 0 Å². The van der Waals surface area contributed by atoms with E-state index in [4.69, 9.17) is 0 Å². The predicted molar refractivity (Wildman–Crippen MR) is 68.4 cm³/mol. The van der Waals surface area contributed by atoms with E-state index in [9.17, 15) is 4.79 Å². The van der Waals surface area contributed by atoms with Gasteiger partial charge in [0.05, 0.1) is 11.7 Å². The summed E-state index contributed by atoms with van der Waals surface area (Å²) in [6.45, 7) is 7.97. The number of rotatable bonds is 5. The molecule has 0 radical (unpaired) electrons. The lowest BCUT2D eigenvalue weighted by molar-refractivity contribution is -0.123. The average Bonchev–Trinajstić information content (AvgIpc) is 2.26. The number of hydrogen-bond donors (Lipinski definition) is 1. The Labute approximate surface area is 98.8 Å². The van der Waals surface area contributed by atoms with Gasteiger partial charge in [-0.05, 0) is 18.1 Å². The lowest BCUT2D eigenvalue weighted by Crippen LogP contribution is -2.37. The maximum atomic E-state index is 12.0. The second kappa shape index (κ2) is 5.64. The van der Waals surface area contributed by atoms with E-state index in [1.807, 2.05) is 39.8 Å². The quantitative estimate of drug-likeness (QED) is 0.832. The first kappa shape index (κ1) is 12.7. The summed E-state index contributed by atoms with van der Waals surface area (Å²) in [5.74, 6) is 0.575. The third-order valence-electron chi connectivity index (χ3n) is 2.53. The molecular formula is C13H22N2O. The van der Waals surface area contributed by atoms with E-state index < -0.39 is 0 Å². The molecule has 0 aliphatic rings. The highest BCUT2D eigenvalue weighted by Crippen LogP contribution is 2.15. The van der Waals surface area contributed by atoms with Crippen LogP contribution in [0.2, 0.25) is 0 Å². The molecule has 0 aliphatic carbocycles. The molecule has 0 saturated heterocycles. The van der Waals surface area contributed by atoms with Crippen molar-refractivity contribution in [3.8, 4) is 0 Å². The first-order valence-corrected chi connectivity index (χ1v) is 5.72. The van der Waals surface area contributed by atoms with Gasteiger partial charge in [-0.25, -0.2) is 0 Å². The molecule has 1 N–H and O–H groups in total. The third kappa shape index (κ3) is 3.33. The molecule has 1 aromatic rings. The van der Waals surface area contributed by atoms with E-state index >= 15 is 0 Å². The zero-order chi connectivity index (χ0) is 12.1. The number of hydrogen-bond acceptors (Lipinski definition) is 3. The van der Waals surface area contributed by atoms with E-state index in [1.54, 1.807) is 12.4 Å². The van der Waals surface area contributed by atoms with Crippen LogP contribution in [0.4, 0.5) is 5.69 Å². The van der Waals surface area contributed by atoms with Crippen LogP contribution in [0, 0.1) is 11.8 Å². The number of Topliss-reactive ketones (excluding diaryl/α,β-unsaturated/α-hetero) is 1. The van der Waals surface area contributed by atoms with Gasteiger partial charge < -0.3 is 5.32 Å². The number of carbonyl (C=O) groups is 1. The molecule has 0 amide bonds. The number of aromatic nitrogens is 1. The summed E-state index contributed by atoms with van der Waals surface area (Å²) in [6.07, 6.45) is 3.46. The van der Waals surface area contributed by atoms with Crippen molar-refractivity contribution in [3.05, 3.63) is 24.5 Å². The molecule has 0 unspecified atom stereocenters. The van der Waals surface area contributed by atoms with Crippen LogP contribution >= 0.6 is 0 Å². The lowest BCUT2D eigenvalue weighted by atomic mass is 9.93. The van der Waals surface area contributed by atoms with Crippen molar-refractivity contribution in [3.63, 3.8) is 0 Å². The molecule has 0 saturated carbocycles. The smallest absolute Gasteiger partial charge is 0.157 e. The van der Waals surface area contributed by atoms with Crippen molar-refractivity contribution < 1.29 is 6.22 Å². The molecule has 3 heteroatoms. The number of pyridine rings is 1. The summed E-state index contributed by atoms with van der Waals surface area (Å²) >= 11 is 0. The summed E-state index contributed by atoms with van der Waals surface area (Å²) < 4.78 is 0. The Morgan fingerprint density at radius 3 is 2.50 bits per heavy atom. The van der Waals surface area contributed by atoms with Crippen LogP contribution in [0.15, 0.2) is 24.5 Å². The molecule has 1 aromatic heterocycles. The average molecular weight is 222 g/mol. The third-order valence-corrected chi connectivity index (χ3v) is 2.53. The van der Waals surface area contributed by atoms with Gasteiger partial charge in [-0.3, -0.25) is 9.78 Å². The number of nitrogens with one attached hydrogen (secondary N) is 1. The minimum absolute atomic E-state index is 0. The van der Waals surface area contributed by atoms with Crippen molar-refractivity contribution >= 4 is 11.5 Å². The van der Waals surface area contributed by atoms with Crippen molar-refractivity contribution in [2.75, 3.05) is 5.32 Å². The van der Waals surface area contributed by atoms with E-state index in [0.29, 0.717) is 0 Å². The molecule has 0 fully saturated rings. The fourth-order valence-electron chi connectivity index (χ4n) is 1.55. The molecule has 90 valence electrons. The normalized spacial score (nSPS) is 12.9. The van der Waals surface area contributed by atoms with Crippen molar-refractivity contribution in [2.45, 2.75) is 33.7 Å². The highest BCUT2D eigenvalue weighted by molar-refractivity contribution is 5.88. The Bertz CT molecular complexity index is 339. The molecule has 1 heterocycles. The van der Waals surface area contributed by atoms with E-state index in [-0.39, 0.29) is 25.1 Å². The van der Waals surface area contributed by atoms with Crippen LogP contribution in [-0.4, -0.2) is 16.8 Å². The second-order valence-electron chi connectivity index (χ2n) is 4.66. The first-order chi connectivity index (χ1) is 7.52. The maximum Gasteiger partial charge on any atom is 0.157 e. The molecule has 3 nitrogen and oxygen atoms in total. The summed E-state index contributed by atoms with van der Waals surface area (Å²) in [7, 11) is 0. The summed E-state index contributed by atoms with van der Waals surface area (Å²) in [5.41, 5.74) is 0.898. The van der Waals surface area contributed by atoms with Crippen molar-refractivity contribution in [1.82, 2.24) is 4.98 Å². The molecule has 1 rings (SSSR count). The minimum Gasteiger partial charge on any atom is -0.374 e. The molecule has 0 aliphatic heterocycles. The number of nitrogens with zero attached hydrogens (tertiary/aromatic N) is 1. The van der Waals surface area contributed by atoms with Crippen LogP contribution in [0.25, 0.3) is 0 Å². The van der Waals surface area contributed by atoms with Gasteiger partial charge >= 0.3 is 0 Å². The Morgan fingerprint density at radius 2 is 2.06 bits per heavy atom. The number of carbonyl (C=O) groups excluding carboxylic acids is 1. The van der Waals surface area contributed by atoms with E-state index in [1.165, 1.54) is 0 Å². The maximum absolute atomic E-state index is 12.0. The standard InChI is InChI=1S/C13H20N2O.H2/c1-9(2)12(13(16)10(3)4)15-11-6-5-7-14-8-11;/h5-10,12,15H,1-4H3;1H/t12-;/m0./s1. The van der Waals surface area contributed by atoms with Crippen LogP contribution in [0.3, 0.4) is 0 Å². The summed E-state index contributed by atoms with van der Waals surface area (Å²) in [4.78, 5) is 16.0. The largest absolute Gasteiger partial charge is 0.374 e. The van der Waals surface area contributed by atoms with Gasteiger partial charge in [0.25, 0.3) is 0 Å². The fourth-order valence-corrected chi connectivity index (χ4v) is 1.55. The SMILES string of the molecule is CC(C)C(=O)[C@@H](Nc1cccnc1)C(C)C.[HH]. The Morgan fingerprint density at radius 1 is 1.38 bits per heavy atom. The Hall–Kier alpha value is -1.38. The highest BCUT2D eigenvalue weighted by Gasteiger charge is 2.23. The molecule has 0 bridgehead atoms. The van der Waals surface area contributed by atoms with E-state index in [0.717, 1.165) is 5.69 Å². The molecule has 1 atom stereocenters. The van der Waals surface area contributed by atoms with Crippen LogP contribution < -0.4 is 5.32 Å². The number of anilines is 1. The van der Waals surface area contributed by atoms with Gasteiger partial charge in [0, 0.05) is 19.7 Å². The zero-order valence-corrected chi connectivity index (χ0v) is 10.4. The van der Waals surface area contributed by atoms with Gasteiger partial charge in [-0.15, -0.1) is 0 Å². The molecule has 16 heavy (non-hydrogen) atoms. The van der Waals surface area contributed by atoms with Crippen LogP contribution in [0.5, 0.6) is 0 Å². The second-order valence-corrected chi connectivity index (χ2v) is 4.66. The first-order valence-electron chi connectivity index (χ1n) is 5.72. The van der Waals surface area contributed by atoms with Crippen molar-refractivity contribution in [1.29, 1.82) is 0 Å². The van der Waals surface area contributed by atoms with Crippen LogP contribution in [0.1, 0.15) is 29.1 Å². The predicted octanol–water partition coefficient (Wildman–Crippen LogP) is 2.99. The van der Waals surface area contributed by atoms with E-state index in [2.05, 4.69) is 10.3 Å². The van der Waals surface area contributed by atoms with Gasteiger partial charge in [-0.2, -0.15) is 0 Å². The monoisotopic (exact) mass is 222 g/mol. The minimum atomic E-state index is -0.135.